The van der Waals surface area contributed by atoms with Crippen LogP contribution in [0.2, 0.25) is 0 Å². The molecule has 1 aliphatic rings. The summed E-state index contributed by atoms with van der Waals surface area (Å²) in [6.07, 6.45) is 4.58. The summed E-state index contributed by atoms with van der Waals surface area (Å²) in [6, 6.07) is 20.7. The monoisotopic (exact) mass is 639 g/mol. The predicted octanol–water partition coefficient (Wildman–Crippen LogP) is 5.99. The standard InChI is InChI=1S/C32H38BrN3O4S/c1-4-26-11-5-8-15-30(26)36(41(39,40)29-18-16-23(2)17-19-29)22-31(37)35(21-25-10-9-12-27(33)20-25)24(3)32(38)34-28-13-6-7-14-28/h5,8-12,15-20,24,28H,4,6-7,13-14,21-22H2,1-3H3,(H,34,38). The molecule has 0 saturated heterocycles. The van der Waals surface area contributed by atoms with E-state index in [1.54, 1.807) is 43.3 Å². The van der Waals surface area contributed by atoms with Crippen molar-refractivity contribution in [2.24, 2.45) is 0 Å². The minimum absolute atomic E-state index is 0.0996. The van der Waals surface area contributed by atoms with Gasteiger partial charge in [0, 0.05) is 17.1 Å². The number of nitrogens with one attached hydrogen (secondary N) is 1. The summed E-state index contributed by atoms with van der Waals surface area (Å²) < 4.78 is 30.2. The summed E-state index contributed by atoms with van der Waals surface area (Å²) in [5.41, 5.74) is 3.02. The Morgan fingerprint density at radius 1 is 1.00 bits per heavy atom. The third-order valence-electron chi connectivity index (χ3n) is 7.64. The lowest BCUT2D eigenvalue weighted by molar-refractivity contribution is -0.139. The van der Waals surface area contributed by atoms with Gasteiger partial charge in [-0.3, -0.25) is 13.9 Å². The highest BCUT2D eigenvalue weighted by atomic mass is 79.9. The van der Waals surface area contributed by atoms with E-state index in [-0.39, 0.29) is 23.4 Å². The zero-order chi connectivity index (χ0) is 29.6. The van der Waals surface area contributed by atoms with Gasteiger partial charge in [0.05, 0.1) is 10.6 Å². The van der Waals surface area contributed by atoms with Gasteiger partial charge in [-0.1, -0.05) is 83.7 Å². The number of para-hydroxylation sites is 1. The Bertz CT molecular complexity index is 1470. The van der Waals surface area contributed by atoms with Crippen molar-refractivity contribution in [3.05, 3.63) is 94.0 Å². The fraction of sp³-hybridized carbons (Fsp3) is 0.375. The van der Waals surface area contributed by atoms with Crippen molar-refractivity contribution in [2.75, 3.05) is 10.8 Å². The molecule has 41 heavy (non-hydrogen) atoms. The minimum Gasteiger partial charge on any atom is -0.352 e. The molecule has 0 bridgehead atoms. The van der Waals surface area contributed by atoms with E-state index in [1.807, 2.05) is 50.2 Å². The SMILES string of the molecule is CCc1ccccc1N(CC(=O)N(Cc1cccc(Br)c1)C(C)C(=O)NC1CCCC1)S(=O)(=O)c1ccc(C)cc1. The molecule has 1 unspecified atom stereocenters. The van der Waals surface area contributed by atoms with Gasteiger partial charge in [0.2, 0.25) is 11.8 Å². The molecule has 0 aromatic heterocycles. The van der Waals surface area contributed by atoms with Gasteiger partial charge in [0.1, 0.15) is 12.6 Å². The van der Waals surface area contributed by atoms with Crippen LogP contribution in [-0.2, 0) is 32.6 Å². The second-order valence-corrected chi connectivity index (χ2v) is 13.4. The summed E-state index contributed by atoms with van der Waals surface area (Å²) >= 11 is 3.49. The summed E-state index contributed by atoms with van der Waals surface area (Å²) in [7, 11) is -4.10. The van der Waals surface area contributed by atoms with Crippen LogP contribution in [0.5, 0.6) is 0 Å². The van der Waals surface area contributed by atoms with Crippen molar-refractivity contribution in [1.29, 1.82) is 0 Å². The topological polar surface area (TPSA) is 86.8 Å². The smallest absolute Gasteiger partial charge is 0.264 e. The highest BCUT2D eigenvalue weighted by molar-refractivity contribution is 9.10. The first-order valence-electron chi connectivity index (χ1n) is 14.1. The van der Waals surface area contributed by atoms with E-state index in [0.717, 1.165) is 46.8 Å². The number of hydrogen-bond acceptors (Lipinski definition) is 4. The zero-order valence-corrected chi connectivity index (χ0v) is 26.2. The molecule has 0 radical (unpaired) electrons. The molecule has 3 aromatic rings. The van der Waals surface area contributed by atoms with Gasteiger partial charge in [0.25, 0.3) is 10.0 Å². The van der Waals surface area contributed by atoms with Gasteiger partial charge >= 0.3 is 0 Å². The average molecular weight is 641 g/mol. The summed E-state index contributed by atoms with van der Waals surface area (Å²) in [6.45, 7) is 5.26. The van der Waals surface area contributed by atoms with Gasteiger partial charge in [-0.2, -0.15) is 0 Å². The van der Waals surface area contributed by atoms with Crippen molar-refractivity contribution in [3.63, 3.8) is 0 Å². The van der Waals surface area contributed by atoms with Gasteiger partial charge in [0.15, 0.2) is 0 Å². The summed E-state index contributed by atoms with van der Waals surface area (Å²) in [5.74, 6) is -0.692. The third kappa shape index (κ3) is 7.57. The molecule has 4 rings (SSSR count). The lowest BCUT2D eigenvalue weighted by Gasteiger charge is -2.33. The molecular formula is C32H38BrN3O4S. The number of carbonyl (C=O) groups is 2. The predicted molar refractivity (Wildman–Crippen MR) is 166 cm³/mol. The number of carbonyl (C=O) groups excluding carboxylic acids is 2. The molecule has 0 spiro atoms. The lowest BCUT2D eigenvalue weighted by Crippen LogP contribution is -2.52. The number of benzene rings is 3. The fourth-order valence-electron chi connectivity index (χ4n) is 5.21. The molecule has 2 amide bonds. The van der Waals surface area contributed by atoms with Crippen molar-refractivity contribution >= 4 is 43.5 Å². The van der Waals surface area contributed by atoms with E-state index in [0.29, 0.717) is 12.1 Å². The van der Waals surface area contributed by atoms with E-state index in [2.05, 4.69) is 21.2 Å². The van der Waals surface area contributed by atoms with E-state index in [9.17, 15) is 18.0 Å². The molecule has 1 fully saturated rings. The van der Waals surface area contributed by atoms with Crippen LogP contribution in [0.15, 0.2) is 82.2 Å². The second-order valence-electron chi connectivity index (χ2n) is 10.6. The number of halogens is 1. The van der Waals surface area contributed by atoms with Crippen LogP contribution in [0.4, 0.5) is 5.69 Å². The number of rotatable bonds is 11. The Balaban J connectivity index is 1.71. The number of hydrogen-bond donors (Lipinski definition) is 1. The average Bonchev–Trinajstić information content (AvgIpc) is 3.47. The second kappa shape index (κ2) is 13.7. The van der Waals surface area contributed by atoms with E-state index < -0.39 is 28.5 Å². The van der Waals surface area contributed by atoms with Crippen molar-refractivity contribution in [1.82, 2.24) is 10.2 Å². The van der Waals surface area contributed by atoms with E-state index in [1.165, 1.54) is 9.21 Å². The van der Waals surface area contributed by atoms with Crippen LogP contribution in [0.1, 0.15) is 56.2 Å². The first-order chi connectivity index (χ1) is 19.6. The van der Waals surface area contributed by atoms with Crippen molar-refractivity contribution < 1.29 is 18.0 Å². The number of nitrogens with zero attached hydrogens (tertiary/aromatic N) is 2. The molecule has 0 aliphatic heterocycles. The highest BCUT2D eigenvalue weighted by Crippen LogP contribution is 2.28. The maximum Gasteiger partial charge on any atom is 0.264 e. The molecule has 1 saturated carbocycles. The maximum atomic E-state index is 14.2. The quantitative estimate of drug-likeness (QED) is 0.279. The Kier molecular flexibility index (Phi) is 10.3. The van der Waals surface area contributed by atoms with Crippen LogP contribution in [0, 0.1) is 6.92 Å². The third-order valence-corrected chi connectivity index (χ3v) is 9.91. The van der Waals surface area contributed by atoms with Crippen LogP contribution >= 0.6 is 15.9 Å². The van der Waals surface area contributed by atoms with Crippen molar-refractivity contribution in [3.8, 4) is 0 Å². The molecule has 218 valence electrons. The summed E-state index contributed by atoms with van der Waals surface area (Å²) in [4.78, 5) is 29.1. The van der Waals surface area contributed by atoms with Gasteiger partial charge in [-0.15, -0.1) is 0 Å². The van der Waals surface area contributed by atoms with Gasteiger partial charge < -0.3 is 10.2 Å². The number of anilines is 1. The maximum absolute atomic E-state index is 14.2. The lowest BCUT2D eigenvalue weighted by atomic mass is 10.1. The van der Waals surface area contributed by atoms with Crippen molar-refractivity contribution in [2.45, 2.75) is 76.4 Å². The highest BCUT2D eigenvalue weighted by Gasteiger charge is 2.34. The molecule has 3 aromatic carbocycles. The first kappa shape index (κ1) is 30.8. The van der Waals surface area contributed by atoms with Gasteiger partial charge in [-0.05, 0) is 74.6 Å². The number of aryl methyl sites for hydroxylation is 2. The Morgan fingerprint density at radius 3 is 2.34 bits per heavy atom. The fourth-order valence-corrected chi connectivity index (χ4v) is 7.11. The Labute approximate surface area is 252 Å². The number of amides is 2. The van der Waals surface area contributed by atoms with E-state index >= 15 is 0 Å². The zero-order valence-electron chi connectivity index (χ0n) is 23.8. The molecule has 1 N–H and O–H groups in total. The number of sulfonamides is 1. The molecular weight excluding hydrogens is 602 g/mol. The minimum atomic E-state index is -4.10. The molecule has 1 aliphatic carbocycles. The molecule has 9 heteroatoms. The van der Waals surface area contributed by atoms with Crippen LogP contribution in [-0.4, -0.2) is 43.8 Å². The summed E-state index contributed by atoms with van der Waals surface area (Å²) in [5, 5.41) is 3.10. The first-order valence-corrected chi connectivity index (χ1v) is 16.3. The normalized spacial score (nSPS) is 14.4. The Morgan fingerprint density at radius 2 is 1.68 bits per heavy atom. The van der Waals surface area contributed by atoms with Crippen LogP contribution in [0.3, 0.4) is 0 Å². The van der Waals surface area contributed by atoms with Crippen LogP contribution in [0.25, 0.3) is 0 Å². The Hall–Kier alpha value is -3.17. The van der Waals surface area contributed by atoms with E-state index in [4.69, 9.17) is 0 Å². The largest absolute Gasteiger partial charge is 0.352 e. The molecule has 7 nitrogen and oxygen atoms in total. The molecule has 1 atom stereocenters. The van der Waals surface area contributed by atoms with Crippen LogP contribution < -0.4 is 9.62 Å². The van der Waals surface area contributed by atoms with Gasteiger partial charge in [-0.25, -0.2) is 8.42 Å². The molecule has 0 heterocycles.